The molecule has 1 aromatic carbocycles. The van der Waals surface area contributed by atoms with E-state index in [2.05, 4.69) is 0 Å². The van der Waals surface area contributed by atoms with Crippen molar-refractivity contribution in [3.8, 4) is 0 Å². The molecule has 5 heteroatoms. The summed E-state index contributed by atoms with van der Waals surface area (Å²) < 4.78 is 2.04. The zero-order valence-corrected chi connectivity index (χ0v) is 12.1. The van der Waals surface area contributed by atoms with Crippen molar-refractivity contribution < 1.29 is 4.58 Å². The van der Waals surface area contributed by atoms with Crippen molar-refractivity contribution in [2.45, 2.75) is 4.90 Å². The molecule has 0 aromatic heterocycles. The molecule has 0 N–H and O–H groups in total. The normalized spacial score (nSPS) is 10.1. The average Bonchev–Trinajstić information content (AvgIpc) is 2.18. The summed E-state index contributed by atoms with van der Waals surface area (Å²) in [5.41, 5.74) is 0. The molecule has 2 nitrogen and oxygen atoms in total. The highest BCUT2D eigenvalue weighted by atomic mass is 35.5. The molecule has 16 heavy (non-hydrogen) atoms. The standard InChI is InChI=1S/C11H15Cl2N2S/c1-14(2)11(15(3)4)16-10-7-8(12)5-6-9(10)13/h5-7H,1-4H3/q+1. The SMILES string of the molecule is CN(C)C(Sc1cc(Cl)ccc1Cl)=[N+](C)C. The summed E-state index contributed by atoms with van der Waals surface area (Å²) in [6.45, 7) is 0. The van der Waals surface area contributed by atoms with E-state index in [-0.39, 0.29) is 0 Å². The minimum absolute atomic E-state index is 0.698. The van der Waals surface area contributed by atoms with E-state index in [0.29, 0.717) is 5.02 Å². The predicted molar refractivity (Wildman–Crippen MR) is 73.1 cm³/mol. The Morgan fingerprint density at radius 2 is 1.88 bits per heavy atom. The Hall–Kier alpha value is -0.380. The van der Waals surface area contributed by atoms with Crippen LogP contribution in [-0.2, 0) is 0 Å². The molecule has 0 atom stereocenters. The van der Waals surface area contributed by atoms with Crippen LogP contribution in [0.25, 0.3) is 0 Å². The van der Waals surface area contributed by atoms with E-state index in [1.54, 1.807) is 17.8 Å². The summed E-state index contributed by atoms with van der Waals surface area (Å²) in [5.74, 6) is 0. The van der Waals surface area contributed by atoms with Crippen LogP contribution in [0.1, 0.15) is 0 Å². The number of hydrogen-bond donors (Lipinski definition) is 0. The van der Waals surface area contributed by atoms with Crippen LogP contribution in [0.15, 0.2) is 23.1 Å². The van der Waals surface area contributed by atoms with Crippen LogP contribution in [0.5, 0.6) is 0 Å². The summed E-state index contributed by atoms with van der Waals surface area (Å²) in [5, 5.41) is 2.52. The molecule has 1 aromatic rings. The fourth-order valence-corrected chi connectivity index (χ4v) is 2.62. The first-order chi connectivity index (χ1) is 7.41. The third-order valence-corrected chi connectivity index (χ3v) is 4.01. The minimum Gasteiger partial charge on any atom is -0.261 e. The molecule has 88 valence electrons. The Morgan fingerprint density at radius 1 is 1.25 bits per heavy atom. The summed E-state index contributed by atoms with van der Waals surface area (Å²) >= 11 is 13.7. The first-order valence-corrected chi connectivity index (χ1v) is 6.33. The van der Waals surface area contributed by atoms with Crippen LogP contribution < -0.4 is 0 Å². The number of benzene rings is 1. The van der Waals surface area contributed by atoms with Gasteiger partial charge in [0.15, 0.2) is 0 Å². The van der Waals surface area contributed by atoms with Crippen molar-refractivity contribution in [1.82, 2.24) is 4.90 Å². The molecule has 0 aliphatic rings. The van der Waals surface area contributed by atoms with Gasteiger partial charge in [0.05, 0.1) is 33.2 Å². The Kier molecular flexibility index (Phi) is 4.96. The second-order valence-electron chi connectivity index (χ2n) is 3.75. The summed E-state index contributed by atoms with van der Waals surface area (Å²) in [6, 6.07) is 5.48. The zero-order chi connectivity index (χ0) is 12.3. The fourth-order valence-electron chi connectivity index (χ4n) is 1.24. The van der Waals surface area contributed by atoms with Crippen LogP contribution in [0.4, 0.5) is 0 Å². The third-order valence-electron chi connectivity index (χ3n) is 1.86. The van der Waals surface area contributed by atoms with Crippen molar-refractivity contribution in [2.24, 2.45) is 0 Å². The number of thioether (sulfide) groups is 1. The van der Waals surface area contributed by atoms with Crippen molar-refractivity contribution in [3.63, 3.8) is 0 Å². The van der Waals surface area contributed by atoms with E-state index in [0.717, 1.165) is 15.1 Å². The van der Waals surface area contributed by atoms with E-state index in [1.165, 1.54) is 0 Å². The summed E-state index contributed by atoms with van der Waals surface area (Å²) in [4.78, 5) is 3.01. The fraction of sp³-hybridized carbons (Fsp3) is 0.364. The Balaban J connectivity index is 3.04. The van der Waals surface area contributed by atoms with Gasteiger partial charge in [-0.15, -0.1) is 0 Å². The van der Waals surface area contributed by atoms with Gasteiger partial charge in [-0.05, 0) is 30.0 Å². The van der Waals surface area contributed by atoms with Gasteiger partial charge in [-0.25, -0.2) is 0 Å². The Morgan fingerprint density at radius 3 is 2.38 bits per heavy atom. The third kappa shape index (κ3) is 3.58. The summed E-state index contributed by atoms with van der Waals surface area (Å²) in [7, 11) is 8.00. The van der Waals surface area contributed by atoms with Crippen LogP contribution in [0.2, 0.25) is 10.0 Å². The molecular weight excluding hydrogens is 263 g/mol. The van der Waals surface area contributed by atoms with Gasteiger partial charge >= 0.3 is 5.17 Å². The van der Waals surface area contributed by atoms with Gasteiger partial charge in [-0.2, -0.15) is 0 Å². The molecule has 0 bridgehead atoms. The number of hydrogen-bond acceptors (Lipinski definition) is 1. The van der Waals surface area contributed by atoms with Gasteiger partial charge in [-0.3, -0.25) is 9.48 Å². The lowest BCUT2D eigenvalue weighted by Gasteiger charge is -2.11. The lowest BCUT2D eigenvalue weighted by atomic mass is 10.4. The van der Waals surface area contributed by atoms with Crippen molar-refractivity contribution in [3.05, 3.63) is 28.2 Å². The second kappa shape index (κ2) is 5.80. The maximum absolute atomic E-state index is 6.12. The Labute approximate surface area is 111 Å². The smallest absolute Gasteiger partial charge is 0.261 e. The van der Waals surface area contributed by atoms with Crippen LogP contribution >= 0.6 is 35.0 Å². The van der Waals surface area contributed by atoms with Crippen molar-refractivity contribution >= 4 is 40.1 Å². The van der Waals surface area contributed by atoms with Gasteiger partial charge < -0.3 is 0 Å². The van der Waals surface area contributed by atoms with Gasteiger partial charge in [0.25, 0.3) is 0 Å². The number of nitrogens with zero attached hydrogens (tertiary/aromatic N) is 2. The highest BCUT2D eigenvalue weighted by Crippen LogP contribution is 2.30. The van der Waals surface area contributed by atoms with Crippen LogP contribution in [0.3, 0.4) is 0 Å². The van der Waals surface area contributed by atoms with E-state index in [4.69, 9.17) is 23.2 Å². The van der Waals surface area contributed by atoms with Gasteiger partial charge in [0, 0.05) is 9.92 Å². The van der Waals surface area contributed by atoms with E-state index in [1.807, 2.05) is 49.8 Å². The molecule has 0 aliphatic heterocycles. The molecule has 0 radical (unpaired) electrons. The first-order valence-electron chi connectivity index (χ1n) is 4.76. The van der Waals surface area contributed by atoms with E-state index in [9.17, 15) is 0 Å². The average molecular weight is 278 g/mol. The monoisotopic (exact) mass is 277 g/mol. The Bertz CT molecular complexity index is 412. The molecule has 0 saturated carbocycles. The van der Waals surface area contributed by atoms with E-state index < -0.39 is 0 Å². The topological polar surface area (TPSA) is 6.25 Å². The van der Waals surface area contributed by atoms with Crippen molar-refractivity contribution in [1.29, 1.82) is 0 Å². The molecule has 0 fully saturated rings. The molecule has 1 rings (SSSR count). The van der Waals surface area contributed by atoms with Gasteiger partial charge in [-0.1, -0.05) is 23.2 Å². The van der Waals surface area contributed by atoms with E-state index >= 15 is 0 Å². The highest BCUT2D eigenvalue weighted by Gasteiger charge is 2.15. The molecule has 0 spiro atoms. The van der Waals surface area contributed by atoms with Crippen LogP contribution in [-0.4, -0.2) is 42.8 Å². The van der Waals surface area contributed by atoms with Crippen molar-refractivity contribution in [2.75, 3.05) is 28.2 Å². The maximum Gasteiger partial charge on any atom is 0.312 e. The lowest BCUT2D eigenvalue weighted by molar-refractivity contribution is -0.466. The van der Waals surface area contributed by atoms with Gasteiger partial charge in [0.1, 0.15) is 0 Å². The summed E-state index contributed by atoms with van der Waals surface area (Å²) in [6.07, 6.45) is 0. The second-order valence-corrected chi connectivity index (χ2v) is 5.60. The number of rotatable bonds is 1. The highest BCUT2D eigenvalue weighted by molar-refractivity contribution is 8.13. The molecule has 0 heterocycles. The van der Waals surface area contributed by atoms with Gasteiger partial charge in [0.2, 0.25) is 0 Å². The molecule has 0 aliphatic carbocycles. The quantitative estimate of drug-likeness (QED) is 0.336. The largest absolute Gasteiger partial charge is 0.312 e. The maximum atomic E-state index is 6.12. The molecular formula is C11H15Cl2N2S+. The number of amidine groups is 1. The minimum atomic E-state index is 0.698. The molecule has 0 saturated heterocycles. The number of halogens is 2. The molecule has 0 unspecified atom stereocenters. The predicted octanol–water partition coefficient (Wildman–Crippen LogP) is 3.28. The lowest BCUT2D eigenvalue weighted by Crippen LogP contribution is -2.26. The molecule has 0 amide bonds. The first kappa shape index (κ1) is 13.7. The van der Waals surface area contributed by atoms with Crippen LogP contribution in [0, 0.1) is 0 Å². The zero-order valence-electron chi connectivity index (χ0n) is 9.79.